The minimum Gasteiger partial charge on any atom is -0.494 e. The molecule has 150 valence electrons. The van der Waals surface area contributed by atoms with Gasteiger partial charge in [0, 0.05) is 16.6 Å². The maximum absolute atomic E-state index is 11.7. The van der Waals surface area contributed by atoms with Gasteiger partial charge in [0.25, 0.3) is 0 Å². The van der Waals surface area contributed by atoms with E-state index in [0.717, 1.165) is 20.7 Å². The Morgan fingerprint density at radius 1 is 1.45 bits per heavy atom. The van der Waals surface area contributed by atoms with Gasteiger partial charge in [-0.1, -0.05) is 0 Å². The van der Waals surface area contributed by atoms with Gasteiger partial charge in [-0.05, 0) is 37.8 Å². The summed E-state index contributed by atoms with van der Waals surface area (Å²) in [6, 6.07) is 3.52. The molecule has 0 bridgehead atoms. The average Bonchev–Trinajstić information content (AvgIpc) is 3.06. The molecule has 0 aliphatic heterocycles. The monoisotopic (exact) mass is 412 g/mol. The number of rotatable bonds is 5. The van der Waals surface area contributed by atoms with E-state index in [9.17, 15) is 9.90 Å². The van der Waals surface area contributed by atoms with Gasteiger partial charge in [-0.2, -0.15) is 0 Å². The van der Waals surface area contributed by atoms with Crippen LogP contribution in [-0.4, -0.2) is 34.4 Å². The lowest BCUT2D eigenvalue weighted by Gasteiger charge is -2.29. The number of carboxylic acids is 1. The van der Waals surface area contributed by atoms with Crippen molar-refractivity contribution in [2.24, 2.45) is 5.41 Å². The van der Waals surface area contributed by atoms with Crippen LogP contribution < -0.4 is 21.2 Å². The van der Waals surface area contributed by atoms with Crippen LogP contribution in [0.2, 0.25) is 0 Å². The largest absolute Gasteiger partial charge is 0.494 e. The second-order valence-corrected chi connectivity index (χ2v) is 8.51. The van der Waals surface area contributed by atoms with Crippen molar-refractivity contribution in [3.63, 3.8) is 0 Å². The SMILES string of the molecule is COc1cc(N)c(C=[NH2+])cc1Nc1ncnc2sc3c(c12)CC[C@](C)(C(=O)O)C3. The molecule has 4 rings (SSSR count). The maximum Gasteiger partial charge on any atom is 0.309 e. The number of fused-ring (bicyclic) bond motifs is 3. The molecule has 2 aromatic heterocycles. The molecule has 0 fully saturated rings. The third kappa shape index (κ3) is 3.17. The summed E-state index contributed by atoms with van der Waals surface area (Å²) in [4.78, 5) is 22.4. The Morgan fingerprint density at radius 3 is 2.93 bits per heavy atom. The number of nitrogens with zero attached hydrogens (tertiary/aromatic N) is 2. The van der Waals surface area contributed by atoms with E-state index in [2.05, 4.69) is 15.3 Å². The van der Waals surface area contributed by atoms with Crippen LogP contribution >= 0.6 is 11.3 Å². The van der Waals surface area contributed by atoms with E-state index in [-0.39, 0.29) is 0 Å². The molecule has 8 nitrogen and oxygen atoms in total. The predicted molar refractivity (Wildman–Crippen MR) is 113 cm³/mol. The van der Waals surface area contributed by atoms with Gasteiger partial charge in [-0.15, -0.1) is 11.3 Å². The van der Waals surface area contributed by atoms with Crippen LogP contribution in [0.25, 0.3) is 10.2 Å². The fourth-order valence-corrected chi connectivity index (χ4v) is 5.09. The summed E-state index contributed by atoms with van der Waals surface area (Å²) in [6.07, 6.45) is 4.68. The number of anilines is 3. The number of nitrogens with two attached hydrogens (primary N) is 2. The summed E-state index contributed by atoms with van der Waals surface area (Å²) in [5.74, 6) is 0.460. The van der Waals surface area contributed by atoms with Crippen molar-refractivity contribution in [2.75, 3.05) is 18.2 Å². The highest BCUT2D eigenvalue weighted by Crippen LogP contribution is 2.45. The highest BCUT2D eigenvalue weighted by atomic mass is 32.1. The molecule has 6 N–H and O–H groups in total. The smallest absolute Gasteiger partial charge is 0.309 e. The van der Waals surface area contributed by atoms with Crippen molar-refractivity contribution in [1.29, 1.82) is 0 Å². The molecule has 0 amide bonds. The summed E-state index contributed by atoms with van der Waals surface area (Å²) >= 11 is 1.53. The van der Waals surface area contributed by atoms with Gasteiger partial charge >= 0.3 is 5.97 Å². The Bertz CT molecular complexity index is 1140. The fourth-order valence-electron chi connectivity index (χ4n) is 3.72. The number of ether oxygens (including phenoxy) is 1. The first-order chi connectivity index (χ1) is 13.9. The van der Waals surface area contributed by atoms with Gasteiger partial charge in [0.2, 0.25) is 0 Å². The number of carbonyl (C=O) groups is 1. The molecule has 29 heavy (non-hydrogen) atoms. The number of aromatic nitrogens is 2. The normalized spacial score (nSPS) is 18.3. The number of aryl methyl sites for hydroxylation is 1. The van der Waals surface area contributed by atoms with Crippen molar-refractivity contribution in [2.45, 2.75) is 26.2 Å². The number of aliphatic carboxylic acids is 1. The van der Waals surface area contributed by atoms with Gasteiger partial charge in [-0.25, -0.2) is 9.97 Å². The van der Waals surface area contributed by atoms with Crippen molar-refractivity contribution in [3.8, 4) is 5.75 Å². The van der Waals surface area contributed by atoms with E-state index >= 15 is 0 Å². The minimum atomic E-state index is -0.762. The summed E-state index contributed by atoms with van der Waals surface area (Å²) in [5.41, 5.74) is 8.25. The standard InChI is InChI=1S/C20H21N5O3S/c1-20(19(26)27)4-3-11-15(7-20)29-18-16(11)17(23-9-24-18)25-13-5-10(8-21)12(22)6-14(13)28-2/h5-6,8-9,21H,3-4,7,22H2,1-2H3,(H,26,27)(H,23,24,25)/p+1/t20-/m0/s1. The van der Waals surface area contributed by atoms with Crippen LogP contribution in [0.15, 0.2) is 18.5 Å². The average molecular weight is 412 g/mol. The Hall–Kier alpha value is -3.20. The van der Waals surface area contributed by atoms with E-state index in [1.807, 2.05) is 6.07 Å². The van der Waals surface area contributed by atoms with Gasteiger partial charge in [0.05, 0.1) is 29.2 Å². The molecule has 0 saturated heterocycles. The van der Waals surface area contributed by atoms with Crippen LogP contribution in [0.1, 0.15) is 29.3 Å². The van der Waals surface area contributed by atoms with Crippen molar-refractivity contribution >= 4 is 50.9 Å². The molecule has 1 atom stereocenters. The Morgan fingerprint density at radius 2 is 2.24 bits per heavy atom. The molecule has 0 spiro atoms. The lowest BCUT2D eigenvalue weighted by atomic mass is 9.75. The number of methoxy groups -OCH3 is 1. The topological polar surface area (TPSA) is 136 Å². The maximum atomic E-state index is 11.7. The zero-order valence-electron chi connectivity index (χ0n) is 16.2. The number of nitrogens with one attached hydrogen (secondary N) is 1. The lowest BCUT2D eigenvalue weighted by molar-refractivity contribution is -0.148. The first-order valence-electron chi connectivity index (χ1n) is 9.14. The minimum absolute atomic E-state index is 0.496. The second-order valence-electron chi connectivity index (χ2n) is 7.42. The van der Waals surface area contributed by atoms with Crippen LogP contribution in [-0.2, 0) is 17.6 Å². The first kappa shape index (κ1) is 19.1. The molecular weight excluding hydrogens is 390 g/mol. The molecule has 1 aliphatic rings. The number of hydrogen-bond donors (Lipinski definition) is 4. The summed E-state index contributed by atoms with van der Waals surface area (Å²) in [5, 5.41) is 19.5. The zero-order chi connectivity index (χ0) is 20.8. The molecule has 1 aromatic carbocycles. The zero-order valence-corrected chi connectivity index (χ0v) is 17.0. The van der Waals surface area contributed by atoms with Crippen LogP contribution in [0.4, 0.5) is 17.2 Å². The van der Waals surface area contributed by atoms with Crippen molar-refractivity contribution in [1.82, 2.24) is 9.97 Å². The summed E-state index contributed by atoms with van der Waals surface area (Å²) in [6.45, 7) is 1.80. The summed E-state index contributed by atoms with van der Waals surface area (Å²) in [7, 11) is 1.57. The van der Waals surface area contributed by atoms with E-state index < -0.39 is 11.4 Å². The van der Waals surface area contributed by atoms with E-state index in [4.69, 9.17) is 15.9 Å². The van der Waals surface area contributed by atoms with Gasteiger partial charge in [-0.3, -0.25) is 10.2 Å². The van der Waals surface area contributed by atoms with Gasteiger partial charge in [0.1, 0.15) is 22.7 Å². The van der Waals surface area contributed by atoms with Crippen LogP contribution in [0.5, 0.6) is 5.75 Å². The molecule has 0 saturated carbocycles. The molecule has 0 radical (unpaired) electrons. The predicted octanol–water partition coefficient (Wildman–Crippen LogP) is 1.78. The number of nitrogen functional groups attached to an aromatic ring is 1. The Labute approximate surface area is 171 Å². The van der Waals surface area contributed by atoms with Crippen LogP contribution in [0, 0.1) is 5.41 Å². The molecule has 2 heterocycles. The molecular formula is C20H22N5O3S+. The van der Waals surface area contributed by atoms with Crippen LogP contribution in [0.3, 0.4) is 0 Å². The molecule has 0 unspecified atom stereocenters. The molecule has 9 heteroatoms. The van der Waals surface area contributed by atoms with Gasteiger partial charge in [0.15, 0.2) is 6.21 Å². The number of benzene rings is 1. The fraction of sp³-hybridized carbons (Fsp3) is 0.300. The van der Waals surface area contributed by atoms with E-state index in [1.54, 1.807) is 20.1 Å². The van der Waals surface area contributed by atoms with Gasteiger partial charge < -0.3 is 20.9 Å². The van der Waals surface area contributed by atoms with Crippen molar-refractivity contribution in [3.05, 3.63) is 34.5 Å². The Balaban J connectivity index is 1.80. The van der Waals surface area contributed by atoms with E-state index in [1.165, 1.54) is 23.9 Å². The third-order valence-corrected chi connectivity index (χ3v) is 6.64. The van der Waals surface area contributed by atoms with E-state index in [0.29, 0.717) is 47.8 Å². The third-order valence-electron chi connectivity index (χ3n) is 5.50. The summed E-state index contributed by atoms with van der Waals surface area (Å²) < 4.78 is 5.45. The van der Waals surface area contributed by atoms with Crippen molar-refractivity contribution < 1.29 is 20.0 Å². The molecule has 3 aromatic rings. The highest BCUT2D eigenvalue weighted by molar-refractivity contribution is 7.19. The Kier molecular flexibility index (Phi) is 4.62. The number of hydrogen-bond acceptors (Lipinski definition) is 7. The second kappa shape index (κ2) is 7.00. The first-order valence-corrected chi connectivity index (χ1v) is 9.96. The number of thiophene rings is 1. The molecule has 1 aliphatic carbocycles. The quantitative estimate of drug-likeness (QED) is 0.370. The number of carboxylic acid groups (broad SMARTS) is 1. The lowest BCUT2D eigenvalue weighted by Crippen LogP contribution is -2.33. The highest BCUT2D eigenvalue weighted by Gasteiger charge is 2.39.